The largest absolute Gasteiger partial charge is 0.465 e. The molecule has 100 valence electrons. The number of rotatable bonds is 3. The average Bonchev–Trinajstić information content (AvgIpc) is 2.39. The number of halogens is 1. The number of esters is 1. The van der Waals surface area contributed by atoms with Gasteiger partial charge in [0, 0.05) is 12.5 Å². The summed E-state index contributed by atoms with van der Waals surface area (Å²) in [6.07, 6.45) is 0.117. The molecule has 0 bridgehead atoms. The second kappa shape index (κ2) is 6.47. The highest BCUT2D eigenvalue weighted by atomic mass is 19.1. The first-order valence-corrected chi connectivity index (χ1v) is 5.17. The van der Waals surface area contributed by atoms with Crippen LogP contribution in [0.25, 0.3) is 0 Å². The SMILES string of the molecule is COC(=O)c1cc(F)c(C#CCCO)cc1[N+](=O)[O-]. The number of nitro benzene ring substituents is 1. The number of hydrogen-bond acceptors (Lipinski definition) is 5. The van der Waals surface area contributed by atoms with Crippen molar-refractivity contribution in [2.24, 2.45) is 0 Å². The molecule has 1 N–H and O–H groups in total. The molecule has 0 aliphatic carbocycles. The fourth-order valence-electron chi connectivity index (χ4n) is 1.30. The molecule has 0 atom stereocenters. The number of nitrogens with zero attached hydrogens (tertiary/aromatic N) is 1. The molecule has 0 aliphatic heterocycles. The lowest BCUT2D eigenvalue weighted by Crippen LogP contribution is -2.07. The van der Waals surface area contributed by atoms with E-state index in [-0.39, 0.29) is 18.6 Å². The van der Waals surface area contributed by atoms with Crippen LogP contribution in [0.2, 0.25) is 0 Å². The Bertz CT molecular complexity index is 573. The summed E-state index contributed by atoms with van der Waals surface area (Å²) in [5.74, 6) is 2.93. The summed E-state index contributed by atoms with van der Waals surface area (Å²) in [6.45, 7) is -0.197. The van der Waals surface area contributed by atoms with Gasteiger partial charge in [-0.05, 0) is 6.07 Å². The molecule has 0 fully saturated rings. The molecular weight excluding hydrogens is 257 g/mol. The predicted molar refractivity (Wildman–Crippen MR) is 63.0 cm³/mol. The maximum absolute atomic E-state index is 13.6. The van der Waals surface area contributed by atoms with Crippen molar-refractivity contribution in [3.05, 3.63) is 39.2 Å². The van der Waals surface area contributed by atoms with Crippen LogP contribution in [0.4, 0.5) is 10.1 Å². The van der Waals surface area contributed by atoms with Crippen LogP contribution in [0.5, 0.6) is 0 Å². The van der Waals surface area contributed by atoms with Crippen molar-refractivity contribution in [2.45, 2.75) is 6.42 Å². The summed E-state index contributed by atoms with van der Waals surface area (Å²) in [5.41, 5.74) is -1.27. The average molecular weight is 267 g/mol. The first-order valence-electron chi connectivity index (χ1n) is 5.17. The summed E-state index contributed by atoms with van der Waals surface area (Å²) in [6, 6.07) is 1.58. The number of benzene rings is 1. The van der Waals surface area contributed by atoms with Crippen LogP contribution in [-0.2, 0) is 4.74 Å². The van der Waals surface area contributed by atoms with Gasteiger partial charge in [-0.1, -0.05) is 11.8 Å². The molecule has 0 amide bonds. The molecule has 1 aromatic rings. The lowest BCUT2D eigenvalue weighted by atomic mass is 10.1. The number of aliphatic hydroxyl groups excluding tert-OH is 1. The van der Waals surface area contributed by atoms with Gasteiger partial charge in [-0.15, -0.1) is 0 Å². The molecule has 0 saturated heterocycles. The second-order valence-corrected chi connectivity index (χ2v) is 3.37. The summed E-state index contributed by atoms with van der Waals surface area (Å²) >= 11 is 0. The van der Waals surface area contributed by atoms with Gasteiger partial charge in [-0.2, -0.15) is 0 Å². The fourth-order valence-corrected chi connectivity index (χ4v) is 1.30. The van der Waals surface area contributed by atoms with Crippen LogP contribution in [0.1, 0.15) is 22.3 Å². The standard InChI is InChI=1S/C12H10FNO5/c1-19-12(16)9-7-10(13)8(4-2-3-5-15)6-11(9)14(17)18/h6-7,15H,3,5H2,1H3. The lowest BCUT2D eigenvalue weighted by Gasteiger charge is -2.02. The Morgan fingerprint density at radius 3 is 2.79 bits per heavy atom. The van der Waals surface area contributed by atoms with E-state index in [0.717, 1.165) is 13.2 Å². The molecule has 6 nitrogen and oxygen atoms in total. The Kier molecular flexibility index (Phi) is 4.97. The quantitative estimate of drug-likeness (QED) is 0.385. The summed E-state index contributed by atoms with van der Waals surface area (Å²) in [7, 11) is 1.04. The van der Waals surface area contributed by atoms with Gasteiger partial charge in [0.1, 0.15) is 11.4 Å². The van der Waals surface area contributed by atoms with Crippen LogP contribution in [-0.4, -0.2) is 29.7 Å². The molecule has 1 rings (SSSR count). The maximum atomic E-state index is 13.6. The third-order valence-corrected chi connectivity index (χ3v) is 2.15. The summed E-state index contributed by atoms with van der Waals surface area (Å²) in [5, 5.41) is 19.4. The fraction of sp³-hybridized carbons (Fsp3) is 0.250. The Balaban J connectivity index is 3.34. The third-order valence-electron chi connectivity index (χ3n) is 2.15. The number of ether oxygens (including phenoxy) is 1. The molecule has 19 heavy (non-hydrogen) atoms. The summed E-state index contributed by atoms with van der Waals surface area (Å²) in [4.78, 5) is 21.3. The van der Waals surface area contributed by atoms with E-state index >= 15 is 0 Å². The molecule has 0 unspecified atom stereocenters. The topological polar surface area (TPSA) is 89.7 Å². The van der Waals surface area contributed by atoms with Gasteiger partial charge in [0.15, 0.2) is 0 Å². The van der Waals surface area contributed by atoms with E-state index in [9.17, 15) is 19.3 Å². The zero-order valence-corrected chi connectivity index (χ0v) is 9.97. The van der Waals surface area contributed by atoms with E-state index in [1.165, 1.54) is 0 Å². The minimum absolute atomic E-state index is 0.117. The smallest absolute Gasteiger partial charge is 0.344 e. The zero-order valence-electron chi connectivity index (χ0n) is 9.97. The minimum atomic E-state index is -1.000. The highest BCUT2D eigenvalue weighted by Gasteiger charge is 2.23. The predicted octanol–water partition coefficient (Wildman–Crippen LogP) is 1.25. The van der Waals surface area contributed by atoms with E-state index in [1.807, 2.05) is 0 Å². The number of methoxy groups -OCH3 is 1. The van der Waals surface area contributed by atoms with Gasteiger partial charge >= 0.3 is 5.97 Å². The van der Waals surface area contributed by atoms with Gasteiger partial charge in [0.25, 0.3) is 5.69 Å². The van der Waals surface area contributed by atoms with E-state index in [1.54, 1.807) is 0 Å². The molecule has 0 radical (unpaired) electrons. The first-order chi connectivity index (χ1) is 9.01. The highest BCUT2D eigenvalue weighted by Crippen LogP contribution is 2.23. The Hall–Kier alpha value is -2.46. The molecular formula is C12H10FNO5. The Morgan fingerprint density at radius 1 is 1.58 bits per heavy atom. The van der Waals surface area contributed by atoms with E-state index in [4.69, 9.17) is 5.11 Å². The Labute approximate surface area is 108 Å². The first kappa shape index (κ1) is 14.6. The number of carbonyl (C=O) groups is 1. The van der Waals surface area contributed by atoms with Gasteiger partial charge in [-0.3, -0.25) is 10.1 Å². The van der Waals surface area contributed by atoms with Crippen LogP contribution in [0.3, 0.4) is 0 Å². The van der Waals surface area contributed by atoms with Gasteiger partial charge in [-0.25, -0.2) is 9.18 Å². The van der Waals surface area contributed by atoms with Crippen molar-refractivity contribution in [3.63, 3.8) is 0 Å². The monoisotopic (exact) mass is 267 g/mol. The van der Waals surface area contributed by atoms with Crippen molar-refractivity contribution in [1.29, 1.82) is 0 Å². The third kappa shape index (κ3) is 3.50. The number of aliphatic hydroxyl groups is 1. The number of hydrogen-bond donors (Lipinski definition) is 1. The number of nitro groups is 1. The molecule has 0 aromatic heterocycles. The molecule has 0 heterocycles. The maximum Gasteiger partial charge on any atom is 0.344 e. The lowest BCUT2D eigenvalue weighted by molar-refractivity contribution is -0.385. The second-order valence-electron chi connectivity index (χ2n) is 3.37. The van der Waals surface area contributed by atoms with Crippen molar-refractivity contribution < 1.29 is 24.0 Å². The molecule has 1 aromatic carbocycles. The minimum Gasteiger partial charge on any atom is -0.465 e. The van der Waals surface area contributed by atoms with E-state index < -0.39 is 28.0 Å². The summed E-state index contributed by atoms with van der Waals surface area (Å²) < 4.78 is 18.0. The van der Waals surface area contributed by atoms with E-state index in [2.05, 4.69) is 16.6 Å². The highest BCUT2D eigenvalue weighted by molar-refractivity contribution is 5.94. The molecule has 7 heteroatoms. The van der Waals surface area contributed by atoms with Gasteiger partial charge in [0.2, 0.25) is 0 Å². The Morgan fingerprint density at radius 2 is 2.26 bits per heavy atom. The molecule has 0 spiro atoms. The molecule has 0 aliphatic rings. The van der Waals surface area contributed by atoms with Crippen LogP contribution in [0.15, 0.2) is 12.1 Å². The van der Waals surface area contributed by atoms with Gasteiger partial charge < -0.3 is 9.84 Å². The number of carbonyl (C=O) groups excluding carboxylic acids is 1. The van der Waals surface area contributed by atoms with Crippen molar-refractivity contribution in [3.8, 4) is 11.8 Å². The van der Waals surface area contributed by atoms with Crippen LogP contribution < -0.4 is 0 Å². The van der Waals surface area contributed by atoms with Gasteiger partial charge in [0.05, 0.1) is 24.2 Å². The van der Waals surface area contributed by atoms with Crippen molar-refractivity contribution >= 4 is 11.7 Å². The zero-order chi connectivity index (χ0) is 14.4. The molecule has 0 saturated carbocycles. The van der Waals surface area contributed by atoms with Crippen molar-refractivity contribution in [1.82, 2.24) is 0 Å². The van der Waals surface area contributed by atoms with Crippen LogP contribution in [0, 0.1) is 27.8 Å². The van der Waals surface area contributed by atoms with Crippen LogP contribution >= 0.6 is 0 Å². The van der Waals surface area contributed by atoms with Crippen molar-refractivity contribution in [2.75, 3.05) is 13.7 Å². The normalized spacial score (nSPS) is 9.42. The van der Waals surface area contributed by atoms with E-state index in [0.29, 0.717) is 6.07 Å².